The van der Waals surface area contributed by atoms with Gasteiger partial charge < -0.3 is 4.98 Å². The molecule has 0 unspecified atom stereocenters. The van der Waals surface area contributed by atoms with E-state index in [-0.39, 0.29) is 17.0 Å². The van der Waals surface area contributed by atoms with E-state index in [1.54, 1.807) is 18.5 Å². The summed E-state index contributed by atoms with van der Waals surface area (Å²) in [6, 6.07) is 7.28. The topological polar surface area (TPSA) is 69.5 Å². The number of H-pyrrole nitrogens is 1. The summed E-state index contributed by atoms with van der Waals surface area (Å²) < 4.78 is 0. The average Bonchev–Trinajstić information content (AvgIpc) is 2.39. The highest BCUT2D eigenvalue weighted by atomic mass is 16.1. The molecular weight excluding hydrogens is 226 g/mol. The van der Waals surface area contributed by atoms with Crippen LogP contribution in [-0.2, 0) is 0 Å². The SMILES string of the molecule is CC(C)c1[nH]c(=O)c(C#N)cc1-c1ccncc1. The van der Waals surface area contributed by atoms with E-state index in [0.29, 0.717) is 0 Å². The molecule has 4 nitrogen and oxygen atoms in total. The number of hydrogen-bond donors (Lipinski definition) is 1. The zero-order chi connectivity index (χ0) is 13.1. The van der Waals surface area contributed by atoms with Gasteiger partial charge in [0, 0.05) is 23.7 Å². The number of nitrogens with zero attached hydrogens (tertiary/aromatic N) is 2. The third-order valence-electron chi connectivity index (χ3n) is 2.76. The van der Waals surface area contributed by atoms with Crippen LogP contribution in [0.15, 0.2) is 35.4 Å². The predicted octanol–water partition coefficient (Wildman–Crippen LogP) is 2.43. The lowest BCUT2D eigenvalue weighted by atomic mass is 9.97. The van der Waals surface area contributed by atoms with Crippen molar-refractivity contribution in [1.29, 1.82) is 5.26 Å². The minimum absolute atomic E-state index is 0.131. The molecule has 0 amide bonds. The second-order valence-electron chi connectivity index (χ2n) is 4.34. The molecule has 0 bridgehead atoms. The minimum Gasteiger partial charge on any atom is -0.324 e. The number of hydrogen-bond acceptors (Lipinski definition) is 3. The molecule has 2 heterocycles. The van der Waals surface area contributed by atoms with E-state index >= 15 is 0 Å². The van der Waals surface area contributed by atoms with Crippen LogP contribution in [0.4, 0.5) is 0 Å². The van der Waals surface area contributed by atoms with Crippen LogP contribution in [0, 0.1) is 11.3 Å². The number of aromatic amines is 1. The van der Waals surface area contributed by atoms with Gasteiger partial charge >= 0.3 is 0 Å². The van der Waals surface area contributed by atoms with Gasteiger partial charge in [0.15, 0.2) is 0 Å². The number of nitriles is 1. The first kappa shape index (κ1) is 12.1. The van der Waals surface area contributed by atoms with E-state index in [9.17, 15) is 4.79 Å². The largest absolute Gasteiger partial charge is 0.324 e. The van der Waals surface area contributed by atoms with E-state index in [1.165, 1.54) is 0 Å². The lowest BCUT2D eigenvalue weighted by Gasteiger charge is -2.12. The van der Waals surface area contributed by atoms with Crippen molar-refractivity contribution in [3.8, 4) is 17.2 Å². The number of pyridine rings is 2. The maximum Gasteiger partial charge on any atom is 0.266 e. The zero-order valence-corrected chi connectivity index (χ0v) is 10.3. The summed E-state index contributed by atoms with van der Waals surface area (Å²) >= 11 is 0. The average molecular weight is 239 g/mol. The summed E-state index contributed by atoms with van der Waals surface area (Å²) in [6.45, 7) is 4.00. The number of nitrogens with one attached hydrogen (secondary N) is 1. The van der Waals surface area contributed by atoms with Crippen molar-refractivity contribution in [3.63, 3.8) is 0 Å². The molecule has 0 spiro atoms. The van der Waals surface area contributed by atoms with Crippen LogP contribution < -0.4 is 5.56 Å². The quantitative estimate of drug-likeness (QED) is 0.875. The Morgan fingerprint density at radius 1 is 1.33 bits per heavy atom. The molecule has 0 saturated carbocycles. The van der Waals surface area contributed by atoms with Gasteiger partial charge in [-0.05, 0) is 29.7 Å². The summed E-state index contributed by atoms with van der Waals surface area (Å²) in [5, 5.41) is 8.94. The Kier molecular flexibility index (Phi) is 3.24. The van der Waals surface area contributed by atoms with Gasteiger partial charge in [-0.3, -0.25) is 9.78 Å². The van der Waals surface area contributed by atoms with E-state index < -0.39 is 0 Å². The van der Waals surface area contributed by atoms with Crippen molar-refractivity contribution in [1.82, 2.24) is 9.97 Å². The Hall–Kier alpha value is -2.41. The van der Waals surface area contributed by atoms with Crippen LogP contribution in [0.3, 0.4) is 0 Å². The van der Waals surface area contributed by atoms with Gasteiger partial charge in [0.25, 0.3) is 5.56 Å². The zero-order valence-electron chi connectivity index (χ0n) is 10.3. The van der Waals surface area contributed by atoms with Crippen molar-refractivity contribution in [2.24, 2.45) is 0 Å². The molecule has 2 aromatic rings. The second-order valence-corrected chi connectivity index (χ2v) is 4.34. The van der Waals surface area contributed by atoms with Crippen molar-refractivity contribution in [3.05, 3.63) is 52.2 Å². The monoisotopic (exact) mass is 239 g/mol. The molecule has 2 aromatic heterocycles. The molecule has 0 atom stereocenters. The van der Waals surface area contributed by atoms with Crippen molar-refractivity contribution in [2.45, 2.75) is 19.8 Å². The Balaban J connectivity index is 2.73. The predicted molar refractivity (Wildman–Crippen MR) is 69.1 cm³/mol. The molecule has 4 heteroatoms. The van der Waals surface area contributed by atoms with Crippen LogP contribution >= 0.6 is 0 Å². The standard InChI is InChI=1S/C14H13N3O/c1-9(2)13-12(10-3-5-16-6-4-10)7-11(8-15)14(18)17-13/h3-7,9H,1-2H3,(H,17,18). The molecule has 1 N–H and O–H groups in total. The Morgan fingerprint density at radius 2 is 2.00 bits per heavy atom. The minimum atomic E-state index is -0.334. The van der Waals surface area contributed by atoms with Gasteiger partial charge in [-0.25, -0.2) is 0 Å². The van der Waals surface area contributed by atoms with Crippen LogP contribution in [0.25, 0.3) is 11.1 Å². The van der Waals surface area contributed by atoms with E-state index in [4.69, 9.17) is 5.26 Å². The highest BCUT2D eigenvalue weighted by Crippen LogP contribution is 2.26. The lowest BCUT2D eigenvalue weighted by Crippen LogP contribution is -2.14. The second kappa shape index (κ2) is 4.84. The van der Waals surface area contributed by atoms with Gasteiger partial charge in [-0.15, -0.1) is 0 Å². The number of aromatic nitrogens is 2. The van der Waals surface area contributed by atoms with Gasteiger partial charge in [0.1, 0.15) is 11.6 Å². The maximum absolute atomic E-state index is 11.7. The Morgan fingerprint density at radius 3 is 2.56 bits per heavy atom. The summed E-state index contributed by atoms with van der Waals surface area (Å²) in [4.78, 5) is 18.4. The molecule has 0 aliphatic rings. The molecule has 0 fully saturated rings. The fraction of sp³-hybridized carbons (Fsp3) is 0.214. The van der Waals surface area contributed by atoms with Crippen molar-refractivity contribution in [2.75, 3.05) is 0 Å². The molecule has 0 aliphatic heterocycles. The van der Waals surface area contributed by atoms with Gasteiger partial charge in [0.05, 0.1) is 0 Å². The third kappa shape index (κ3) is 2.16. The Labute approximate surface area is 105 Å². The molecule has 0 aliphatic carbocycles. The van der Waals surface area contributed by atoms with Crippen molar-refractivity contribution >= 4 is 0 Å². The number of rotatable bonds is 2. The molecule has 2 rings (SSSR count). The normalized spacial score (nSPS) is 10.3. The van der Waals surface area contributed by atoms with Crippen molar-refractivity contribution < 1.29 is 0 Å². The van der Waals surface area contributed by atoms with Gasteiger partial charge in [-0.2, -0.15) is 5.26 Å². The summed E-state index contributed by atoms with van der Waals surface area (Å²) in [5.74, 6) is 0.175. The first-order valence-corrected chi connectivity index (χ1v) is 5.71. The fourth-order valence-corrected chi connectivity index (χ4v) is 1.85. The lowest BCUT2D eigenvalue weighted by molar-refractivity contribution is 0.817. The summed E-state index contributed by atoms with van der Waals surface area (Å²) in [5.41, 5.74) is 2.46. The van der Waals surface area contributed by atoms with Crippen LogP contribution in [0.2, 0.25) is 0 Å². The molecule has 90 valence electrons. The molecule has 0 aromatic carbocycles. The summed E-state index contributed by atoms with van der Waals surface area (Å²) in [7, 11) is 0. The van der Waals surface area contributed by atoms with Crippen LogP contribution in [0.1, 0.15) is 31.0 Å². The van der Waals surface area contributed by atoms with E-state index in [1.807, 2.05) is 32.0 Å². The Bertz CT molecular complexity index is 651. The third-order valence-corrected chi connectivity index (χ3v) is 2.76. The molecular formula is C14H13N3O. The van der Waals surface area contributed by atoms with Gasteiger partial charge in [0.2, 0.25) is 0 Å². The molecule has 18 heavy (non-hydrogen) atoms. The molecule has 0 radical (unpaired) electrons. The first-order chi connectivity index (χ1) is 8.63. The van der Waals surface area contributed by atoms with Crippen LogP contribution in [-0.4, -0.2) is 9.97 Å². The highest BCUT2D eigenvalue weighted by Gasteiger charge is 2.12. The molecule has 0 saturated heterocycles. The smallest absolute Gasteiger partial charge is 0.266 e. The van der Waals surface area contributed by atoms with Gasteiger partial charge in [-0.1, -0.05) is 13.8 Å². The first-order valence-electron chi connectivity index (χ1n) is 5.71. The van der Waals surface area contributed by atoms with E-state index in [0.717, 1.165) is 16.8 Å². The maximum atomic E-state index is 11.7. The summed E-state index contributed by atoms with van der Waals surface area (Å²) in [6.07, 6.45) is 3.38. The van der Waals surface area contributed by atoms with E-state index in [2.05, 4.69) is 9.97 Å². The highest BCUT2D eigenvalue weighted by molar-refractivity contribution is 5.67. The van der Waals surface area contributed by atoms with Crippen LogP contribution in [0.5, 0.6) is 0 Å². The fourth-order valence-electron chi connectivity index (χ4n) is 1.85.